The van der Waals surface area contributed by atoms with E-state index in [1.165, 1.54) is 6.08 Å². The summed E-state index contributed by atoms with van der Waals surface area (Å²) in [6.07, 6.45) is 3.78. The van der Waals surface area contributed by atoms with Crippen LogP contribution in [0.2, 0.25) is 5.02 Å². The molecule has 0 fully saturated rings. The highest BCUT2D eigenvalue weighted by Crippen LogP contribution is 2.09. The summed E-state index contributed by atoms with van der Waals surface area (Å²) in [5.74, 6) is -0.422. The van der Waals surface area contributed by atoms with Crippen molar-refractivity contribution in [2.24, 2.45) is 5.73 Å². The lowest BCUT2D eigenvalue weighted by Crippen LogP contribution is -2.05. The van der Waals surface area contributed by atoms with Gasteiger partial charge in [-0.05, 0) is 30.2 Å². The number of hydrogen-bond donors (Lipinski definition) is 1. The van der Waals surface area contributed by atoms with E-state index in [4.69, 9.17) is 17.3 Å². The summed E-state index contributed by atoms with van der Waals surface area (Å²) in [5, 5.41) is 0.711. The van der Waals surface area contributed by atoms with Crippen molar-refractivity contribution in [3.8, 4) is 0 Å². The monoisotopic (exact) mass is 195 g/mol. The van der Waals surface area contributed by atoms with Crippen molar-refractivity contribution in [3.63, 3.8) is 0 Å². The van der Waals surface area contributed by atoms with Gasteiger partial charge >= 0.3 is 0 Å². The summed E-state index contributed by atoms with van der Waals surface area (Å²) in [4.78, 5) is 10.4. The summed E-state index contributed by atoms with van der Waals surface area (Å²) in [7, 11) is 0. The first-order chi connectivity index (χ1) is 6.18. The minimum atomic E-state index is -0.422. The molecule has 1 amide bonds. The van der Waals surface area contributed by atoms with Crippen LogP contribution in [0, 0.1) is 0 Å². The van der Waals surface area contributed by atoms with E-state index in [1.807, 2.05) is 24.3 Å². The summed E-state index contributed by atoms with van der Waals surface area (Å²) in [6.45, 7) is 0. The Morgan fingerprint density at radius 3 is 2.54 bits per heavy atom. The summed E-state index contributed by atoms with van der Waals surface area (Å²) in [5.41, 5.74) is 6.03. The molecule has 1 aromatic carbocycles. The fraction of sp³-hybridized carbons (Fsp3) is 0.100. The average Bonchev–Trinajstić information content (AvgIpc) is 2.08. The van der Waals surface area contributed by atoms with Gasteiger partial charge in [-0.25, -0.2) is 0 Å². The van der Waals surface area contributed by atoms with Gasteiger partial charge in [0.25, 0.3) is 0 Å². The van der Waals surface area contributed by atoms with Gasteiger partial charge in [-0.1, -0.05) is 29.8 Å². The zero-order valence-corrected chi connectivity index (χ0v) is 7.79. The smallest absolute Gasteiger partial charge is 0.241 e. The molecule has 2 nitrogen and oxygen atoms in total. The molecular formula is C10H10ClNO. The van der Waals surface area contributed by atoms with Crippen LogP contribution in [0.4, 0.5) is 0 Å². The number of amides is 1. The number of carbonyl (C=O) groups excluding carboxylic acids is 1. The molecule has 0 radical (unpaired) electrons. The zero-order valence-electron chi connectivity index (χ0n) is 7.03. The largest absolute Gasteiger partial charge is 0.366 e. The highest BCUT2D eigenvalue weighted by Gasteiger charge is 1.90. The van der Waals surface area contributed by atoms with Crippen molar-refractivity contribution >= 4 is 17.5 Å². The molecule has 1 aromatic rings. The van der Waals surface area contributed by atoms with Crippen molar-refractivity contribution in [3.05, 3.63) is 47.0 Å². The normalized spacial score (nSPS) is 10.5. The molecular weight excluding hydrogens is 186 g/mol. The van der Waals surface area contributed by atoms with Gasteiger partial charge in [-0.2, -0.15) is 0 Å². The van der Waals surface area contributed by atoms with Gasteiger partial charge in [0.05, 0.1) is 0 Å². The number of hydrogen-bond acceptors (Lipinski definition) is 1. The van der Waals surface area contributed by atoms with Crippen LogP contribution in [-0.2, 0) is 11.2 Å². The molecule has 0 saturated carbocycles. The Bertz CT molecular complexity index is 316. The van der Waals surface area contributed by atoms with E-state index in [2.05, 4.69) is 0 Å². The minimum absolute atomic E-state index is 0.422. The maximum absolute atomic E-state index is 10.4. The van der Waals surface area contributed by atoms with Gasteiger partial charge in [-0.3, -0.25) is 4.79 Å². The Balaban J connectivity index is 2.55. The molecule has 68 valence electrons. The quantitative estimate of drug-likeness (QED) is 0.736. The van der Waals surface area contributed by atoms with Gasteiger partial charge < -0.3 is 5.73 Å². The highest BCUT2D eigenvalue weighted by atomic mass is 35.5. The second-order valence-electron chi connectivity index (χ2n) is 2.64. The number of allylic oxidation sites excluding steroid dienone is 1. The Morgan fingerprint density at radius 2 is 2.00 bits per heavy atom. The third kappa shape index (κ3) is 3.76. The second kappa shape index (κ2) is 4.67. The van der Waals surface area contributed by atoms with Crippen molar-refractivity contribution in [2.45, 2.75) is 6.42 Å². The summed E-state index contributed by atoms with van der Waals surface area (Å²) in [6, 6.07) is 7.45. The van der Waals surface area contributed by atoms with Crippen molar-refractivity contribution < 1.29 is 4.79 Å². The summed E-state index contributed by atoms with van der Waals surface area (Å²) < 4.78 is 0. The van der Waals surface area contributed by atoms with Gasteiger partial charge in [0.1, 0.15) is 0 Å². The van der Waals surface area contributed by atoms with Crippen LogP contribution in [0.1, 0.15) is 5.56 Å². The number of halogens is 1. The van der Waals surface area contributed by atoms with E-state index in [9.17, 15) is 4.79 Å². The van der Waals surface area contributed by atoms with Crippen molar-refractivity contribution in [2.75, 3.05) is 0 Å². The molecule has 0 spiro atoms. The van der Waals surface area contributed by atoms with Crippen LogP contribution in [-0.4, -0.2) is 5.91 Å². The van der Waals surface area contributed by atoms with Crippen LogP contribution < -0.4 is 5.73 Å². The average molecular weight is 196 g/mol. The van der Waals surface area contributed by atoms with Crippen molar-refractivity contribution in [1.82, 2.24) is 0 Å². The third-order valence-corrected chi connectivity index (χ3v) is 1.80. The van der Waals surface area contributed by atoms with Crippen LogP contribution in [0.5, 0.6) is 0 Å². The van der Waals surface area contributed by atoms with E-state index in [0.29, 0.717) is 11.4 Å². The van der Waals surface area contributed by atoms with Gasteiger partial charge in [-0.15, -0.1) is 0 Å². The van der Waals surface area contributed by atoms with Crippen LogP contribution in [0.15, 0.2) is 36.4 Å². The molecule has 0 atom stereocenters. The molecule has 0 bridgehead atoms. The number of rotatable bonds is 3. The second-order valence-corrected chi connectivity index (χ2v) is 3.07. The Hall–Kier alpha value is -1.28. The van der Waals surface area contributed by atoms with Gasteiger partial charge in [0.15, 0.2) is 0 Å². The number of carbonyl (C=O) groups is 1. The molecule has 3 heteroatoms. The molecule has 0 aliphatic carbocycles. The van der Waals surface area contributed by atoms with E-state index in [1.54, 1.807) is 6.08 Å². The predicted molar refractivity (Wildman–Crippen MR) is 53.5 cm³/mol. The van der Waals surface area contributed by atoms with E-state index >= 15 is 0 Å². The first-order valence-electron chi connectivity index (χ1n) is 3.89. The maximum atomic E-state index is 10.4. The Morgan fingerprint density at radius 1 is 1.38 bits per heavy atom. The first kappa shape index (κ1) is 9.81. The Labute approximate surface area is 82.0 Å². The SMILES string of the molecule is NC(=O)/C=C/Cc1ccc(Cl)cc1. The molecule has 2 N–H and O–H groups in total. The van der Waals surface area contributed by atoms with Crippen molar-refractivity contribution in [1.29, 1.82) is 0 Å². The minimum Gasteiger partial charge on any atom is -0.366 e. The first-order valence-corrected chi connectivity index (χ1v) is 4.26. The van der Waals surface area contributed by atoms with Gasteiger partial charge in [0, 0.05) is 5.02 Å². The topological polar surface area (TPSA) is 43.1 Å². The highest BCUT2D eigenvalue weighted by molar-refractivity contribution is 6.30. The number of nitrogens with two attached hydrogens (primary N) is 1. The lowest BCUT2D eigenvalue weighted by atomic mass is 10.1. The molecule has 0 unspecified atom stereocenters. The third-order valence-electron chi connectivity index (χ3n) is 1.55. The molecule has 0 aliphatic heterocycles. The molecule has 1 rings (SSSR count). The van der Waals surface area contributed by atoms with E-state index < -0.39 is 5.91 Å². The fourth-order valence-electron chi connectivity index (χ4n) is 0.932. The zero-order chi connectivity index (χ0) is 9.68. The standard InChI is InChI=1S/C10H10ClNO/c11-9-6-4-8(5-7-9)2-1-3-10(12)13/h1,3-7H,2H2,(H2,12,13)/b3-1+. The van der Waals surface area contributed by atoms with Crippen LogP contribution in [0.3, 0.4) is 0 Å². The fourth-order valence-corrected chi connectivity index (χ4v) is 1.06. The Kier molecular flexibility index (Phi) is 3.53. The molecule has 0 heterocycles. The van der Waals surface area contributed by atoms with E-state index in [0.717, 1.165) is 5.56 Å². The predicted octanol–water partition coefficient (Wildman–Crippen LogP) is 1.92. The molecule has 0 aromatic heterocycles. The number of benzene rings is 1. The summed E-state index contributed by atoms with van der Waals surface area (Å²) >= 11 is 5.70. The van der Waals surface area contributed by atoms with E-state index in [-0.39, 0.29) is 0 Å². The lowest BCUT2D eigenvalue weighted by Gasteiger charge is -1.95. The lowest BCUT2D eigenvalue weighted by molar-refractivity contribution is -0.113. The van der Waals surface area contributed by atoms with Crippen LogP contribution in [0.25, 0.3) is 0 Å². The number of primary amides is 1. The molecule has 13 heavy (non-hydrogen) atoms. The van der Waals surface area contributed by atoms with Crippen LogP contribution >= 0.6 is 11.6 Å². The maximum Gasteiger partial charge on any atom is 0.241 e. The molecule has 0 saturated heterocycles. The molecule has 0 aliphatic rings. The van der Waals surface area contributed by atoms with Gasteiger partial charge in [0.2, 0.25) is 5.91 Å².